The molecule has 0 fully saturated rings. The maximum Gasteiger partial charge on any atom is 0.106 e. The van der Waals surface area contributed by atoms with Gasteiger partial charge in [0.15, 0.2) is 0 Å². The van der Waals surface area contributed by atoms with Crippen LogP contribution in [0.1, 0.15) is 17.2 Å². The summed E-state index contributed by atoms with van der Waals surface area (Å²) in [6.07, 6.45) is -0.833. The lowest BCUT2D eigenvalue weighted by Crippen LogP contribution is -2.00. The smallest absolute Gasteiger partial charge is 0.106 e. The molecule has 1 nitrogen and oxygen atoms in total. The Morgan fingerprint density at radius 2 is 1.59 bits per heavy atom. The predicted molar refractivity (Wildman–Crippen MR) is 72.0 cm³/mol. The van der Waals surface area contributed by atoms with E-state index in [-0.39, 0.29) is 0 Å². The van der Waals surface area contributed by atoms with Crippen molar-refractivity contribution in [2.24, 2.45) is 0 Å². The largest absolute Gasteiger partial charge is 0.384 e. The Bertz CT molecular complexity index is 540. The van der Waals surface area contributed by atoms with Crippen molar-refractivity contribution in [3.8, 4) is 0 Å². The third-order valence-electron chi connectivity index (χ3n) is 2.42. The summed E-state index contributed by atoms with van der Waals surface area (Å²) in [6.45, 7) is 0. The van der Waals surface area contributed by atoms with Gasteiger partial charge in [-0.25, -0.2) is 0 Å². The molecule has 0 aromatic heterocycles. The van der Waals surface area contributed by atoms with Crippen molar-refractivity contribution in [1.29, 1.82) is 0 Å². The maximum absolute atomic E-state index is 10.2. The highest BCUT2D eigenvalue weighted by atomic mass is 35.5. The predicted octanol–water partition coefficient (Wildman–Crippen LogP) is 4.73. The van der Waals surface area contributed by atoms with Crippen LogP contribution in [0.15, 0.2) is 42.5 Å². The van der Waals surface area contributed by atoms with E-state index < -0.39 is 6.10 Å². The molecule has 0 aliphatic rings. The molecule has 1 atom stereocenters. The second kappa shape index (κ2) is 5.28. The standard InChI is InChI=1S/C13H9Cl3O/c14-9-3-1-2-8(6-9)13(17)11-7-10(15)4-5-12(11)16/h1-7,13,17H. The Morgan fingerprint density at radius 3 is 2.29 bits per heavy atom. The molecule has 0 aliphatic carbocycles. The summed E-state index contributed by atoms with van der Waals surface area (Å²) in [6, 6.07) is 12.0. The lowest BCUT2D eigenvalue weighted by Gasteiger charge is -2.13. The van der Waals surface area contributed by atoms with Crippen LogP contribution in [0.25, 0.3) is 0 Å². The molecule has 1 N–H and O–H groups in total. The minimum atomic E-state index is -0.833. The molecule has 1 unspecified atom stereocenters. The van der Waals surface area contributed by atoms with Crippen molar-refractivity contribution < 1.29 is 5.11 Å². The summed E-state index contributed by atoms with van der Waals surface area (Å²) in [5.41, 5.74) is 1.25. The van der Waals surface area contributed by atoms with Gasteiger partial charge in [-0.15, -0.1) is 0 Å². The Kier molecular flexibility index (Phi) is 3.95. The van der Waals surface area contributed by atoms with Gasteiger partial charge in [0, 0.05) is 20.6 Å². The lowest BCUT2D eigenvalue weighted by atomic mass is 10.0. The van der Waals surface area contributed by atoms with E-state index in [1.54, 1.807) is 42.5 Å². The zero-order valence-corrected chi connectivity index (χ0v) is 11.0. The number of aliphatic hydroxyl groups is 1. The highest BCUT2D eigenvalue weighted by Crippen LogP contribution is 2.31. The summed E-state index contributed by atoms with van der Waals surface area (Å²) in [4.78, 5) is 0. The molecular formula is C13H9Cl3O. The van der Waals surface area contributed by atoms with Crippen LogP contribution in [0.5, 0.6) is 0 Å². The highest BCUT2D eigenvalue weighted by molar-refractivity contribution is 6.33. The van der Waals surface area contributed by atoms with Gasteiger partial charge in [0.1, 0.15) is 6.10 Å². The van der Waals surface area contributed by atoms with Crippen molar-refractivity contribution in [2.75, 3.05) is 0 Å². The van der Waals surface area contributed by atoms with Crippen molar-refractivity contribution in [2.45, 2.75) is 6.10 Å². The lowest BCUT2D eigenvalue weighted by molar-refractivity contribution is 0.220. The van der Waals surface area contributed by atoms with Gasteiger partial charge in [0.25, 0.3) is 0 Å². The van der Waals surface area contributed by atoms with Crippen LogP contribution in [0.2, 0.25) is 15.1 Å². The highest BCUT2D eigenvalue weighted by Gasteiger charge is 2.14. The number of aliphatic hydroxyl groups excluding tert-OH is 1. The second-order valence-electron chi connectivity index (χ2n) is 3.62. The molecule has 88 valence electrons. The van der Waals surface area contributed by atoms with Gasteiger partial charge in [-0.3, -0.25) is 0 Å². The van der Waals surface area contributed by atoms with Crippen molar-refractivity contribution >= 4 is 34.8 Å². The van der Waals surface area contributed by atoms with E-state index in [1.165, 1.54) is 0 Å². The molecular weight excluding hydrogens is 279 g/mol. The van der Waals surface area contributed by atoms with E-state index >= 15 is 0 Å². The Hall–Kier alpha value is -0.730. The number of halogens is 3. The van der Waals surface area contributed by atoms with Crippen LogP contribution in [-0.4, -0.2) is 5.11 Å². The van der Waals surface area contributed by atoms with E-state index in [0.717, 1.165) is 0 Å². The Labute approximate surface area is 115 Å². The van der Waals surface area contributed by atoms with Gasteiger partial charge in [-0.05, 0) is 35.9 Å². The summed E-state index contributed by atoms with van der Waals surface area (Å²) in [5, 5.41) is 11.8. The fourth-order valence-corrected chi connectivity index (χ4v) is 2.18. The molecule has 0 bridgehead atoms. The molecule has 0 aliphatic heterocycles. The average molecular weight is 288 g/mol. The van der Waals surface area contributed by atoms with Gasteiger partial charge in [0.05, 0.1) is 0 Å². The van der Waals surface area contributed by atoms with E-state index in [2.05, 4.69) is 0 Å². The molecule has 0 heterocycles. The van der Waals surface area contributed by atoms with E-state index in [9.17, 15) is 5.11 Å². The summed E-state index contributed by atoms with van der Waals surface area (Å²) >= 11 is 17.8. The molecule has 2 aromatic rings. The van der Waals surface area contributed by atoms with Gasteiger partial charge in [-0.1, -0.05) is 46.9 Å². The van der Waals surface area contributed by atoms with Crippen molar-refractivity contribution in [3.05, 3.63) is 68.7 Å². The zero-order chi connectivity index (χ0) is 12.4. The minimum absolute atomic E-state index is 0.474. The van der Waals surface area contributed by atoms with Crippen LogP contribution in [0.3, 0.4) is 0 Å². The molecule has 0 spiro atoms. The SMILES string of the molecule is OC(c1cccc(Cl)c1)c1cc(Cl)ccc1Cl. The van der Waals surface area contributed by atoms with Gasteiger partial charge >= 0.3 is 0 Å². The quantitative estimate of drug-likeness (QED) is 0.846. The fraction of sp³-hybridized carbons (Fsp3) is 0.0769. The van der Waals surface area contributed by atoms with Crippen LogP contribution >= 0.6 is 34.8 Å². The maximum atomic E-state index is 10.2. The summed E-state index contributed by atoms with van der Waals surface area (Å²) in [5.74, 6) is 0. The van der Waals surface area contributed by atoms with Crippen LogP contribution in [0.4, 0.5) is 0 Å². The average Bonchev–Trinajstić information content (AvgIpc) is 2.31. The summed E-state index contributed by atoms with van der Waals surface area (Å²) in [7, 11) is 0. The van der Waals surface area contributed by atoms with Gasteiger partial charge in [0.2, 0.25) is 0 Å². The first-order valence-corrected chi connectivity index (χ1v) is 6.10. The van der Waals surface area contributed by atoms with Crippen LogP contribution < -0.4 is 0 Å². The van der Waals surface area contributed by atoms with E-state index in [0.29, 0.717) is 26.2 Å². The van der Waals surface area contributed by atoms with E-state index in [1.807, 2.05) is 0 Å². The minimum Gasteiger partial charge on any atom is -0.384 e. The van der Waals surface area contributed by atoms with Gasteiger partial charge < -0.3 is 5.11 Å². The van der Waals surface area contributed by atoms with E-state index in [4.69, 9.17) is 34.8 Å². The Morgan fingerprint density at radius 1 is 0.882 bits per heavy atom. The molecule has 0 radical (unpaired) electrons. The molecule has 2 aromatic carbocycles. The third-order valence-corrected chi connectivity index (χ3v) is 3.23. The van der Waals surface area contributed by atoms with Crippen LogP contribution in [-0.2, 0) is 0 Å². The molecule has 2 rings (SSSR count). The fourth-order valence-electron chi connectivity index (χ4n) is 1.58. The number of benzene rings is 2. The molecule has 0 saturated heterocycles. The number of rotatable bonds is 2. The number of hydrogen-bond acceptors (Lipinski definition) is 1. The zero-order valence-electron chi connectivity index (χ0n) is 8.70. The second-order valence-corrected chi connectivity index (χ2v) is 4.90. The Balaban J connectivity index is 2.43. The third kappa shape index (κ3) is 2.93. The topological polar surface area (TPSA) is 20.2 Å². The van der Waals surface area contributed by atoms with Crippen molar-refractivity contribution in [1.82, 2.24) is 0 Å². The first-order chi connectivity index (χ1) is 8.08. The molecule has 4 heteroatoms. The van der Waals surface area contributed by atoms with Gasteiger partial charge in [-0.2, -0.15) is 0 Å². The first-order valence-electron chi connectivity index (χ1n) is 4.96. The normalized spacial score (nSPS) is 12.5. The monoisotopic (exact) mass is 286 g/mol. The first kappa shape index (κ1) is 12.7. The number of hydrogen-bond donors (Lipinski definition) is 1. The van der Waals surface area contributed by atoms with Crippen LogP contribution in [0, 0.1) is 0 Å². The summed E-state index contributed by atoms with van der Waals surface area (Å²) < 4.78 is 0. The molecule has 17 heavy (non-hydrogen) atoms. The molecule has 0 amide bonds. The molecule has 0 saturated carbocycles. The van der Waals surface area contributed by atoms with Crippen molar-refractivity contribution in [3.63, 3.8) is 0 Å².